The Balaban J connectivity index is 0.844. The zero-order valence-corrected chi connectivity index (χ0v) is 28.7. The zero-order valence-electron chi connectivity index (χ0n) is 28.7. The monoisotopic (exact) mass is 730 g/mol. The van der Waals surface area contributed by atoms with Crippen molar-refractivity contribution < 1.29 is 52.6 Å². The van der Waals surface area contributed by atoms with Gasteiger partial charge in [-0.05, 0) is 49.9 Å². The van der Waals surface area contributed by atoms with E-state index in [1.165, 1.54) is 18.2 Å². The Morgan fingerprint density at radius 1 is 0.642 bits per heavy atom. The Labute approximate surface area is 303 Å². The van der Waals surface area contributed by atoms with Crippen LogP contribution in [-0.4, -0.2) is 108 Å². The van der Waals surface area contributed by atoms with Crippen LogP contribution >= 0.6 is 0 Å². The first-order chi connectivity index (χ1) is 25.6. The summed E-state index contributed by atoms with van der Waals surface area (Å²) in [5.41, 5.74) is 1.10. The number of nitrogens with one attached hydrogen (secondary N) is 4. The van der Waals surface area contributed by atoms with E-state index in [1.807, 2.05) is 0 Å². The molecule has 2 aromatic rings. The minimum atomic E-state index is -1.10. The van der Waals surface area contributed by atoms with Crippen LogP contribution in [0.5, 0.6) is 0 Å². The highest BCUT2D eigenvalue weighted by Crippen LogP contribution is 2.34. The van der Waals surface area contributed by atoms with E-state index in [1.54, 1.807) is 18.2 Å². The topological polar surface area (TPSA) is 227 Å². The largest absolute Gasteiger partial charge is 0.382 e. The Hall–Kier alpha value is -5.81. The number of amides is 9. The molecule has 53 heavy (non-hydrogen) atoms. The summed E-state index contributed by atoms with van der Waals surface area (Å²) >= 11 is 0. The van der Waals surface area contributed by atoms with Crippen LogP contribution in [-0.2, 0) is 33.4 Å². The number of carbonyl (C=O) groups is 9. The van der Waals surface area contributed by atoms with E-state index in [9.17, 15) is 43.2 Å². The van der Waals surface area contributed by atoms with Crippen molar-refractivity contribution >= 4 is 64.5 Å². The molecule has 2 atom stereocenters. The number of fused-ring (bicyclic) bond motifs is 2. The molecule has 0 bridgehead atoms. The summed E-state index contributed by atoms with van der Waals surface area (Å²) in [5.74, 6) is -5.11. The molecule has 4 N–H and O–H groups in total. The third-order valence-corrected chi connectivity index (χ3v) is 9.34. The molecular weight excluding hydrogens is 692 g/mol. The lowest BCUT2D eigenvalue weighted by Crippen LogP contribution is -2.54. The Morgan fingerprint density at radius 3 is 1.74 bits per heavy atom. The predicted molar refractivity (Wildman–Crippen MR) is 183 cm³/mol. The smallest absolute Gasteiger partial charge is 0.264 e. The molecule has 6 rings (SSSR count). The van der Waals surface area contributed by atoms with Crippen molar-refractivity contribution in [3.8, 4) is 0 Å². The van der Waals surface area contributed by atoms with Gasteiger partial charge in [-0.25, -0.2) is 0 Å². The van der Waals surface area contributed by atoms with E-state index < -0.39 is 59.3 Å². The zero-order chi connectivity index (χ0) is 37.6. The number of piperidine rings is 2. The lowest BCUT2D eigenvalue weighted by molar-refractivity contribution is -0.137. The van der Waals surface area contributed by atoms with E-state index in [0.29, 0.717) is 57.9 Å². The molecule has 0 spiro atoms. The van der Waals surface area contributed by atoms with Gasteiger partial charge in [0.2, 0.25) is 29.5 Å². The first-order valence-electron chi connectivity index (χ1n) is 17.4. The molecule has 0 aromatic heterocycles. The molecular formula is C36H38N6O11. The number of ether oxygens (including phenoxy) is 2. The second kappa shape index (κ2) is 16.2. The summed E-state index contributed by atoms with van der Waals surface area (Å²) in [6, 6.07) is 7.23. The van der Waals surface area contributed by atoms with E-state index in [-0.39, 0.29) is 66.0 Å². The van der Waals surface area contributed by atoms with Gasteiger partial charge < -0.3 is 20.1 Å². The molecule has 0 saturated carbocycles. The summed E-state index contributed by atoms with van der Waals surface area (Å²) in [6.45, 7) is 1.75. The minimum absolute atomic E-state index is 0.00914. The molecule has 2 aromatic carbocycles. The van der Waals surface area contributed by atoms with Crippen molar-refractivity contribution in [2.24, 2.45) is 0 Å². The summed E-state index contributed by atoms with van der Waals surface area (Å²) in [4.78, 5) is 115. The van der Waals surface area contributed by atoms with Gasteiger partial charge in [0.1, 0.15) is 12.1 Å². The number of imide groups is 4. The summed E-state index contributed by atoms with van der Waals surface area (Å²) in [5, 5.41) is 10.2. The molecule has 4 aliphatic heterocycles. The fourth-order valence-corrected chi connectivity index (χ4v) is 6.74. The number of benzene rings is 2. The Bertz CT molecular complexity index is 1890. The number of nitrogens with zero attached hydrogens (tertiary/aromatic N) is 2. The highest BCUT2D eigenvalue weighted by Gasteiger charge is 2.47. The van der Waals surface area contributed by atoms with Gasteiger partial charge in [-0.1, -0.05) is 18.6 Å². The van der Waals surface area contributed by atoms with Crippen LogP contribution in [0.4, 0.5) is 11.4 Å². The summed E-state index contributed by atoms with van der Waals surface area (Å²) < 4.78 is 11.2. The van der Waals surface area contributed by atoms with E-state index in [0.717, 1.165) is 9.80 Å². The maximum Gasteiger partial charge on any atom is 0.264 e. The normalized spacial score (nSPS) is 19.7. The molecule has 278 valence electrons. The maximum absolute atomic E-state index is 13.2. The lowest BCUT2D eigenvalue weighted by Gasteiger charge is -2.27. The van der Waals surface area contributed by atoms with Gasteiger partial charge in [-0.2, -0.15) is 0 Å². The molecule has 4 heterocycles. The predicted octanol–water partition coefficient (Wildman–Crippen LogP) is 1.13. The van der Waals surface area contributed by atoms with Crippen LogP contribution < -0.4 is 21.3 Å². The van der Waals surface area contributed by atoms with E-state index in [2.05, 4.69) is 21.3 Å². The average Bonchev–Trinajstić information content (AvgIpc) is 3.53. The van der Waals surface area contributed by atoms with Crippen molar-refractivity contribution in [3.05, 3.63) is 58.7 Å². The molecule has 0 radical (unpaired) electrons. The fraction of sp³-hybridized carbons (Fsp3) is 0.417. The van der Waals surface area contributed by atoms with Gasteiger partial charge in [0.15, 0.2) is 0 Å². The second-order valence-corrected chi connectivity index (χ2v) is 12.9. The average molecular weight is 731 g/mol. The van der Waals surface area contributed by atoms with Crippen LogP contribution in [0.1, 0.15) is 92.8 Å². The van der Waals surface area contributed by atoms with Crippen LogP contribution in [0.15, 0.2) is 36.4 Å². The highest BCUT2D eigenvalue weighted by molar-refractivity contribution is 6.27. The SMILES string of the molecule is O=C1CCC(N2C(=O)c3cccc(NCCOCCOCCCCCC(=O)Nc4cccc5c4C(=O)N(C4CCC(=O)NC4=O)C5=O)c3C2=O)C(=O)N1. The van der Waals surface area contributed by atoms with Gasteiger partial charge in [0.05, 0.1) is 47.8 Å². The van der Waals surface area contributed by atoms with E-state index in [4.69, 9.17) is 9.47 Å². The first kappa shape index (κ1) is 37.0. The number of unbranched alkanes of at least 4 members (excludes halogenated alkanes) is 2. The molecule has 17 nitrogen and oxygen atoms in total. The molecule has 0 aliphatic carbocycles. The molecule has 2 saturated heterocycles. The Kier molecular flexibility index (Phi) is 11.3. The van der Waals surface area contributed by atoms with Gasteiger partial charge in [0.25, 0.3) is 23.6 Å². The number of rotatable bonds is 16. The molecule has 2 fully saturated rings. The van der Waals surface area contributed by atoms with Crippen LogP contribution in [0.2, 0.25) is 0 Å². The maximum atomic E-state index is 13.2. The highest BCUT2D eigenvalue weighted by atomic mass is 16.5. The van der Waals surface area contributed by atoms with Gasteiger partial charge in [-0.15, -0.1) is 0 Å². The number of hydrogen-bond acceptors (Lipinski definition) is 12. The molecule has 17 heteroatoms. The number of hydrogen-bond donors (Lipinski definition) is 4. The van der Waals surface area contributed by atoms with Crippen molar-refractivity contribution in [1.82, 2.24) is 20.4 Å². The van der Waals surface area contributed by atoms with Crippen molar-refractivity contribution in [3.63, 3.8) is 0 Å². The fourth-order valence-electron chi connectivity index (χ4n) is 6.74. The van der Waals surface area contributed by atoms with Crippen molar-refractivity contribution in [2.45, 2.75) is 63.5 Å². The van der Waals surface area contributed by atoms with E-state index >= 15 is 0 Å². The van der Waals surface area contributed by atoms with Gasteiger partial charge in [-0.3, -0.25) is 63.6 Å². The summed E-state index contributed by atoms with van der Waals surface area (Å²) in [6.07, 6.45) is 2.31. The lowest BCUT2D eigenvalue weighted by atomic mass is 10.0. The molecule has 2 unspecified atom stereocenters. The number of anilines is 2. The van der Waals surface area contributed by atoms with Crippen molar-refractivity contribution in [2.75, 3.05) is 43.6 Å². The Morgan fingerprint density at radius 2 is 1.17 bits per heavy atom. The van der Waals surface area contributed by atoms with Crippen molar-refractivity contribution in [1.29, 1.82) is 0 Å². The molecule has 4 aliphatic rings. The standard InChI is InChI=1S/C36H38N6O11/c43-26(38-23-9-5-7-21-30(23)36(51)42(34(21)49)25-12-14-28(45)40-32(25)47)10-2-1-3-16-52-18-19-53-17-15-37-22-8-4-6-20-29(22)35(50)41(33(20)48)24-11-13-27(44)39-31(24)46/h4-9,24-25,37H,1-3,10-19H2,(H,38,43)(H,39,44,46)(H,40,45,47). The van der Waals surface area contributed by atoms with Gasteiger partial charge in [0, 0.05) is 38.1 Å². The molecule has 9 amide bonds. The third kappa shape index (κ3) is 7.85. The van der Waals surface area contributed by atoms with Gasteiger partial charge >= 0.3 is 0 Å². The van der Waals surface area contributed by atoms with Crippen LogP contribution in [0, 0.1) is 0 Å². The summed E-state index contributed by atoms with van der Waals surface area (Å²) in [7, 11) is 0. The number of carbonyl (C=O) groups excluding carboxylic acids is 9. The van der Waals surface area contributed by atoms with Crippen LogP contribution in [0.25, 0.3) is 0 Å². The van der Waals surface area contributed by atoms with Crippen LogP contribution in [0.3, 0.4) is 0 Å². The third-order valence-electron chi connectivity index (χ3n) is 9.34. The second-order valence-electron chi connectivity index (χ2n) is 12.9. The first-order valence-corrected chi connectivity index (χ1v) is 17.4. The quantitative estimate of drug-likeness (QED) is 0.141. The minimum Gasteiger partial charge on any atom is -0.382 e.